The van der Waals surface area contributed by atoms with Gasteiger partial charge in [0.25, 0.3) is 0 Å². The second-order valence-corrected chi connectivity index (χ2v) is 6.43. The minimum absolute atomic E-state index is 0.615. The Balaban J connectivity index is 1.59. The summed E-state index contributed by atoms with van der Waals surface area (Å²) in [5.74, 6) is 1.06. The molecular formula is C17H25N. The first-order chi connectivity index (χ1) is 8.78. The molecule has 18 heavy (non-hydrogen) atoms. The van der Waals surface area contributed by atoms with E-state index in [1.54, 1.807) is 0 Å². The lowest BCUT2D eigenvalue weighted by Gasteiger charge is -2.50. The zero-order chi connectivity index (χ0) is 12.4. The van der Waals surface area contributed by atoms with Crippen molar-refractivity contribution in [1.82, 2.24) is 5.32 Å². The van der Waals surface area contributed by atoms with E-state index in [0.29, 0.717) is 11.5 Å². The maximum Gasteiger partial charge on any atom is 0.0208 e. The fourth-order valence-corrected chi connectivity index (χ4v) is 4.02. The minimum Gasteiger partial charge on any atom is -0.310 e. The van der Waals surface area contributed by atoms with Crippen LogP contribution in [0.1, 0.15) is 51.0 Å². The van der Waals surface area contributed by atoms with Gasteiger partial charge in [-0.15, -0.1) is 0 Å². The Bertz CT molecular complexity index is 362. The van der Waals surface area contributed by atoms with Gasteiger partial charge in [-0.1, -0.05) is 30.3 Å². The molecular weight excluding hydrogens is 218 g/mol. The molecule has 1 heteroatoms. The van der Waals surface area contributed by atoms with Crippen molar-refractivity contribution in [3.05, 3.63) is 35.9 Å². The predicted octanol–water partition coefficient (Wildman–Crippen LogP) is 4.14. The van der Waals surface area contributed by atoms with Crippen molar-refractivity contribution >= 4 is 0 Å². The Morgan fingerprint density at radius 2 is 1.72 bits per heavy atom. The van der Waals surface area contributed by atoms with Crippen molar-refractivity contribution in [2.75, 3.05) is 0 Å². The zero-order valence-corrected chi connectivity index (χ0v) is 11.5. The average Bonchev–Trinajstić information content (AvgIpc) is 2.48. The lowest BCUT2D eigenvalue weighted by molar-refractivity contribution is 0.0323. The summed E-state index contributed by atoms with van der Waals surface area (Å²) in [6.45, 7) is 3.43. The van der Waals surface area contributed by atoms with Crippen LogP contribution in [0.15, 0.2) is 30.3 Å². The molecule has 4 rings (SSSR count). The number of hydrogen-bond acceptors (Lipinski definition) is 1. The van der Waals surface area contributed by atoms with E-state index in [9.17, 15) is 0 Å². The summed E-state index contributed by atoms with van der Waals surface area (Å²) in [4.78, 5) is 0. The molecule has 0 spiro atoms. The molecule has 1 N–H and O–H groups in total. The van der Waals surface area contributed by atoms with Crippen molar-refractivity contribution in [2.24, 2.45) is 11.3 Å². The molecule has 3 aliphatic rings. The SMILES string of the molecule is C[C@H](NCc1ccccc1)C12CCC(CC1)CC2. The van der Waals surface area contributed by atoms with E-state index in [2.05, 4.69) is 42.6 Å². The molecule has 1 aromatic carbocycles. The van der Waals surface area contributed by atoms with E-state index in [1.165, 1.54) is 44.1 Å². The van der Waals surface area contributed by atoms with Gasteiger partial charge in [0.2, 0.25) is 0 Å². The predicted molar refractivity (Wildman–Crippen MR) is 76.4 cm³/mol. The van der Waals surface area contributed by atoms with Gasteiger partial charge < -0.3 is 5.32 Å². The molecule has 0 amide bonds. The topological polar surface area (TPSA) is 12.0 Å². The molecule has 0 saturated heterocycles. The number of hydrogen-bond donors (Lipinski definition) is 1. The van der Waals surface area contributed by atoms with Crippen molar-refractivity contribution < 1.29 is 0 Å². The summed E-state index contributed by atoms with van der Waals surface area (Å²) in [6.07, 6.45) is 8.83. The molecule has 0 radical (unpaired) electrons. The highest BCUT2D eigenvalue weighted by molar-refractivity contribution is 5.14. The third-order valence-electron chi connectivity index (χ3n) is 5.53. The quantitative estimate of drug-likeness (QED) is 0.838. The van der Waals surface area contributed by atoms with Gasteiger partial charge in [-0.2, -0.15) is 0 Å². The number of benzene rings is 1. The second-order valence-electron chi connectivity index (χ2n) is 6.43. The van der Waals surface area contributed by atoms with Gasteiger partial charge in [-0.25, -0.2) is 0 Å². The van der Waals surface area contributed by atoms with E-state index < -0.39 is 0 Å². The molecule has 1 aromatic rings. The lowest BCUT2D eigenvalue weighted by Crippen LogP contribution is -2.48. The highest BCUT2D eigenvalue weighted by atomic mass is 14.9. The molecule has 3 aliphatic carbocycles. The summed E-state index contributed by atoms with van der Waals surface area (Å²) < 4.78 is 0. The van der Waals surface area contributed by atoms with Crippen LogP contribution in [0, 0.1) is 11.3 Å². The van der Waals surface area contributed by atoms with Crippen LogP contribution in [0.4, 0.5) is 0 Å². The Morgan fingerprint density at radius 3 is 2.33 bits per heavy atom. The van der Waals surface area contributed by atoms with Crippen LogP contribution >= 0.6 is 0 Å². The molecule has 1 atom stereocenters. The Kier molecular flexibility index (Phi) is 3.43. The summed E-state index contributed by atoms with van der Waals surface area (Å²) in [7, 11) is 0. The smallest absolute Gasteiger partial charge is 0.0208 e. The summed E-state index contributed by atoms with van der Waals surface area (Å²) in [5.41, 5.74) is 2.02. The van der Waals surface area contributed by atoms with Gasteiger partial charge in [0.15, 0.2) is 0 Å². The largest absolute Gasteiger partial charge is 0.310 e. The molecule has 3 saturated carbocycles. The molecule has 98 valence electrons. The second kappa shape index (κ2) is 5.05. The number of nitrogens with one attached hydrogen (secondary N) is 1. The minimum atomic E-state index is 0.615. The standard InChI is InChI=1S/C17H25N/c1-14(18-13-16-5-3-2-4-6-16)17-10-7-15(8-11-17)9-12-17/h2-6,14-15,18H,7-13H2,1H3/t14-,15?,17?/m0/s1. The van der Waals surface area contributed by atoms with Gasteiger partial charge >= 0.3 is 0 Å². The van der Waals surface area contributed by atoms with E-state index in [4.69, 9.17) is 0 Å². The maximum absolute atomic E-state index is 3.78. The summed E-state index contributed by atoms with van der Waals surface area (Å²) >= 11 is 0. The van der Waals surface area contributed by atoms with Gasteiger partial charge in [0.1, 0.15) is 0 Å². The van der Waals surface area contributed by atoms with E-state index >= 15 is 0 Å². The first kappa shape index (κ1) is 12.2. The van der Waals surface area contributed by atoms with Crippen LogP contribution in [0.3, 0.4) is 0 Å². The first-order valence-corrected chi connectivity index (χ1v) is 7.56. The van der Waals surface area contributed by atoms with Crippen molar-refractivity contribution in [3.8, 4) is 0 Å². The fraction of sp³-hybridized carbons (Fsp3) is 0.647. The van der Waals surface area contributed by atoms with Crippen LogP contribution in [0.25, 0.3) is 0 Å². The van der Waals surface area contributed by atoms with Crippen molar-refractivity contribution in [2.45, 2.75) is 58.0 Å². The zero-order valence-electron chi connectivity index (χ0n) is 11.5. The molecule has 0 aromatic heterocycles. The van der Waals surface area contributed by atoms with Crippen LogP contribution in [-0.2, 0) is 6.54 Å². The Hall–Kier alpha value is -0.820. The molecule has 0 unspecified atom stereocenters. The average molecular weight is 243 g/mol. The van der Waals surface area contributed by atoms with Gasteiger partial charge in [-0.05, 0) is 62.3 Å². The third kappa shape index (κ3) is 2.33. The first-order valence-electron chi connectivity index (χ1n) is 7.56. The number of rotatable bonds is 4. The van der Waals surface area contributed by atoms with Gasteiger partial charge in [-0.3, -0.25) is 0 Å². The van der Waals surface area contributed by atoms with Crippen LogP contribution in [-0.4, -0.2) is 6.04 Å². The van der Waals surface area contributed by atoms with Gasteiger partial charge in [0, 0.05) is 12.6 Å². The monoisotopic (exact) mass is 243 g/mol. The van der Waals surface area contributed by atoms with E-state index in [1.807, 2.05) is 0 Å². The van der Waals surface area contributed by atoms with Crippen molar-refractivity contribution in [1.29, 1.82) is 0 Å². The van der Waals surface area contributed by atoms with Crippen LogP contribution < -0.4 is 5.32 Å². The molecule has 2 bridgehead atoms. The Morgan fingerprint density at radius 1 is 1.11 bits per heavy atom. The lowest BCUT2D eigenvalue weighted by atomic mass is 9.58. The molecule has 0 heterocycles. The van der Waals surface area contributed by atoms with Crippen molar-refractivity contribution in [3.63, 3.8) is 0 Å². The van der Waals surface area contributed by atoms with Crippen LogP contribution in [0.2, 0.25) is 0 Å². The normalized spacial score (nSPS) is 32.4. The molecule has 3 fully saturated rings. The third-order valence-corrected chi connectivity index (χ3v) is 5.53. The Labute approximate surface area is 111 Å². The van der Waals surface area contributed by atoms with Crippen LogP contribution in [0.5, 0.6) is 0 Å². The molecule has 0 aliphatic heterocycles. The maximum atomic E-state index is 3.78. The summed E-state index contributed by atoms with van der Waals surface area (Å²) in [5, 5.41) is 3.78. The van der Waals surface area contributed by atoms with E-state index in [0.717, 1.165) is 12.5 Å². The highest BCUT2D eigenvalue weighted by Gasteiger charge is 2.43. The van der Waals surface area contributed by atoms with Gasteiger partial charge in [0.05, 0.1) is 0 Å². The fourth-order valence-electron chi connectivity index (χ4n) is 4.02. The summed E-state index contributed by atoms with van der Waals surface area (Å²) in [6, 6.07) is 11.5. The highest BCUT2D eigenvalue weighted by Crippen LogP contribution is 2.52. The number of fused-ring (bicyclic) bond motifs is 3. The van der Waals surface area contributed by atoms with E-state index in [-0.39, 0.29) is 0 Å². The molecule has 1 nitrogen and oxygen atoms in total.